The van der Waals surface area contributed by atoms with Gasteiger partial charge in [0, 0.05) is 29.5 Å². The molecule has 0 aromatic heterocycles. The molecule has 0 aliphatic rings. The van der Waals surface area contributed by atoms with Crippen LogP contribution in [0.5, 0.6) is 5.75 Å². The molecule has 2 aromatic rings. The molecule has 3 N–H and O–H groups in total. The van der Waals surface area contributed by atoms with Crippen molar-refractivity contribution >= 4 is 28.9 Å². The number of hydrogen-bond donors (Lipinski definition) is 3. The molecule has 0 atom stereocenters. The van der Waals surface area contributed by atoms with Gasteiger partial charge in [-0.25, -0.2) is 0 Å². The Labute approximate surface area is 173 Å². The standard InChI is InChI=1S/C23H31N3O3/c1-16(2)12-22(27)25-19-10-8-18(9-11-19)24-14-23(28)26-20-6-5-7-21(13-20)29-15-17(3)4/h5-11,13,16-17,24H,12,14-15H2,1-4H3,(H,25,27)(H,26,28). The highest BCUT2D eigenvalue weighted by atomic mass is 16.5. The van der Waals surface area contributed by atoms with Gasteiger partial charge in [0.2, 0.25) is 11.8 Å². The summed E-state index contributed by atoms with van der Waals surface area (Å²) in [6, 6.07) is 14.7. The van der Waals surface area contributed by atoms with Crippen LogP contribution in [0.3, 0.4) is 0 Å². The zero-order valence-electron chi connectivity index (χ0n) is 17.6. The Kier molecular flexibility index (Phi) is 8.52. The van der Waals surface area contributed by atoms with Gasteiger partial charge >= 0.3 is 0 Å². The molecule has 0 aliphatic carbocycles. The van der Waals surface area contributed by atoms with Gasteiger partial charge in [-0.3, -0.25) is 9.59 Å². The Morgan fingerprint density at radius 3 is 2.14 bits per heavy atom. The highest BCUT2D eigenvalue weighted by Gasteiger charge is 2.06. The van der Waals surface area contributed by atoms with Crippen LogP contribution in [0.1, 0.15) is 34.1 Å². The van der Waals surface area contributed by atoms with Crippen molar-refractivity contribution in [2.24, 2.45) is 11.8 Å². The first-order valence-electron chi connectivity index (χ1n) is 9.98. The Hall–Kier alpha value is -3.02. The van der Waals surface area contributed by atoms with E-state index >= 15 is 0 Å². The molecule has 0 fully saturated rings. The van der Waals surface area contributed by atoms with Crippen molar-refractivity contribution in [3.8, 4) is 5.75 Å². The molecular weight excluding hydrogens is 366 g/mol. The topological polar surface area (TPSA) is 79.5 Å². The van der Waals surface area contributed by atoms with Crippen LogP contribution in [0.15, 0.2) is 48.5 Å². The van der Waals surface area contributed by atoms with Crippen LogP contribution in [-0.2, 0) is 9.59 Å². The predicted molar refractivity (Wildman–Crippen MR) is 118 cm³/mol. The van der Waals surface area contributed by atoms with Crippen molar-refractivity contribution in [1.82, 2.24) is 0 Å². The minimum atomic E-state index is -0.152. The highest BCUT2D eigenvalue weighted by molar-refractivity contribution is 5.94. The third-order valence-electron chi connectivity index (χ3n) is 3.92. The van der Waals surface area contributed by atoms with Crippen molar-refractivity contribution in [2.75, 3.05) is 29.1 Å². The minimum absolute atomic E-state index is 0.000286. The van der Waals surface area contributed by atoms with Gasteiger partial charge < -0.3 is 20.7 Å². The molecular formula is C23H31N3O3. The molecule has 0 spiro atoms. The smallest absolute Gasteiger partial charge is 0.243 e. The number of anilines is 3. The van der Waals surface area contributed by atoms with E-state index in [0.717, 1.165) is 17.1 Å². The van der Waals surface area contributed by atoms with Gasteiger partial charge in [0.15, 0.2) is 0 Å². The normalized spacial score (nSPS) is 10.7. The number of amides is 2. The predicted octanol–water partition coefficient (Wildman–Crippen LogP) is 4.76. The first-order chi connectivity index (χ1) is 13.8. The number of carbonyl (C=O) groups is 2. The van der Waals surface area contributed by atoms with Crippen LogP contribution in [0, 0.1) is 11.8 Å². The van der Waals surface area contributed by atoms with Gasteiger partial charge in [-0.05, 0) is 48.2 Å². The lowest BCUT2D eigenvalue weighted by Crippen LogP contribution is -2.21. The van der Waals surface area contributed by atoms with Gasteiger partial charge in [0.1, 0.15) is 5.75 Å². The molecule has 0 heterocycles. The molecule has 2 rings (SSSR count). The number of benzene rings is 2. The van der Waals surface area contributed by atoms with Crippen molar-refractivity contribution in [3.63, 3.8) is 0 Å². The van der Waals surface area contributed by atoms with E-state index < -0.39 is 0 Å². The van der Waals surface area contributed by atoms with Crippen molar-refractivity contribution in [2.45, 2.75) is 34.1 Å². The maximum absolute atomic E-state index is 12.2. The molecule has 6 heteroatoms. The van der Waals surface area contributed by atoms with Crippen LogP contribution in [-0.4, -0.2) is 25.0 Å². The summed E-state index contributed by atoms with van der Waals surface area (Å²) in [5.41, 5.74) is 2.24. The maximum atomic E-state index is 12.2. The monoisotopic (exact) mass is 397 g/mol. The van der Waals surface area contributed by atoms with E-state index in [2.05, 4.69) is 29.8 Å². The van der Waals surface area contributed by atoms with Crippen LogP contribution in [0.4, 0.5) is 17.1 Å². The van der Waals surface area contributed by atoms with Gasteiger partial charge in [0.25, 0.3) is 0 Å². The van der Waals surface area contributed by atoms with E-state index in [1.807, 2.05) is 62.4 Å². The zero-order valence-corrected chi connectivity index (χ0v) is 17.6. The van der Waals surface area contributed by atoms with Gasteiger partial charge in [-0.2, -0.15) is 0 Å². The minimum Gasteiger partial charge on any atom is -0.493 e. The largest absolute Gasteiger partial charge is 0.493 e. The molecule has 0 radical (unpaired) electrons. The van der Waals surface area contributed by atoms with E-state index in [1.165, 1.54) is 0 Å². The summed E-state index contributed by atoms with van der Waals surface area (Å²) in [7, 11) is 0. The second-order valence-electron chi connectivity index (χ2n) is 7.86. The quantitative estimate of drug-likeness (QED) is 0.540. The van der Waals surface area contributed by atoms with Crippen LogP contribution < -0.4 is 20.7 Å². The van der Waals surface area contributed by atoms with Crippen LogP contribution in [0.25, 0.3) is 0 Å². The Balaban J connectivity index is 1.80. The van der Waals surface area contributed by atoms with E-state index in [-0.39, 0.29) is 18.4 Å². The molecule has 29 heavy (non-hydrogen) atoms. The van der Waals surface area contributed by atoms with E-state index in [0.29, 0.717) is 30.6 Å². The number of carbonyl (C=O) groups excluding carboxylic acids is 2. The van der Waals surface area contributed by atoms with Gasteiger partial charge in [-0.15, -0.1) is 0 Å². The second kappa shape index (κ2) is 11.1. The van der Waals surface area contributed by atoms with Gasteiger partial charge in [-0.1, -0.05) is 33.8 Å². The highest BCUT2D eigenvalue weighted by Crippen LogP contribution is 2.18. The SMILES string of the molecule is CC(C)COc1cccc(NC(=O)CNc2ccc(NC(=O)CC(C)C)cc2)c1. The van der Waals surface area contributed by atoms with Crippen LogP contribution in [0.2, 0.25) is 0 Å². The lowest BCUT2D eigenvalue weighted by molar-refractivity contribution is -0.117. The summed E-state index contributed by atoms with van der Waals surface area (Å²) in [5.74, 6) is 1.34. The summed E-state index contributed by atoms with van der Waals surface area (Å²) in [5, 5.41) is 8.80. The van der Waals surface area contributed by atoms with Crippen molar-refractivity contribution in [3.05, 3.63) is 48.5 Å². The average molecular weight is 398 g/mol. The maximum Gasteiger partial charge on any atom is 0.243 e. The molecule has 0 saturated carbocycles. The number of ether oxygens (including phenoxy) is 1. The summed E-state index contributed by atoms with van der Waals surface area (Å²) in [6.07, 6.45) is 0.490. The summed E-state index contributed by atoms with van der Waals surface area (Å²) < 4.78 is 5.68. The molecule has 2 aromatic carbocycles. The Morgan fingerprint density at radius 2 is 1.48 bits per heavy atom. The van der Waals surface area contributed by atoms with E-state index in [9.17, 15) is 9.59 Å². The summed E-state index contributed by atoms with van der Waals surface area (Å²) in [6.45, 7) is 8.95. The molecule has 2 amide bonds. The lowest BCUT2D eigenvalue weighted by atomic mass is 10.1. The third-order valence-corrected chi connectivity index (χ3v) is 3.92. The average Bonchev–Trinajstić information content (AvgIpc) is 2.65. The Morgan fingerprint density at radius 1 is 0.828 bits per heavy atom. The second-order valence-corrected chi connectivity index (χ2v) is 7.86. The van der Waals surface area contributed by atoms with Crippen molar-refractivity contribution < 1.29 is 14.3 Å². The molecule has 0 aliphatic heterocycles. The number of rotatable bonds is 10. The fraction of sp³-hybridized carbons (Fsp3) is 0.391. The first kappa shape index (κ1) is 22.3. The lowest BCUT2D eigenvalue weighted by Gasteiger charge is -2.12. The fourth-order valence-electron chi connectivity index (χ4n) is 2.57. The number of nitrogens with one attached hydrogen (secondary N) is 3. The molecule has 156 valence electrons. The molecule has 0 unspecified atom stereocenters. The first-order valence-corrected chi connectivity index (χ1v) is 9.98. The third kappa shape index (κ3) is 8.68. The Bertz CT molecular complexity index is 801. The molecule has 0 saturated heterocycles. The number of hydrogen-bond acceptors (Lipinski definition) is 4. The van der Waals surface area contributed by atoms with E-state index in [4.69, 9.17) is 4.74 Å². The fourth-order valence-corrected chi connectivity index (χ4v) is 2.57. The molecule has 0 bridgehead atoms. The van der Waals surface area contributed by atoms with Gasteiger partial charge in [0.05, 0.1) is 13.2 Å². The van der Waals surface area contributed by atoms with E-state index in [1.54, 1.807) is 0 Å². The molecule has 6 nitrogen and oxygen atoms in total. The van der Waals surface area contributed by atoms with Crippen LogP contribution >= 0.6 is 0 Å². The summed E-state index contributed by atoms with van der Waals surface area (Å²) >= 11 is 0. The zero-order chi connectivity index (χ0) is 21.2. The summed E-state index contributed by atoms with van der Waals surface area (Å²) in [4.78, 5) is 24.0. The van der Waals surface area contributed by atoms with Crippen molar-refractivity contribution in [1.29, 1.82) is 0 Å².